The number of methoxy groups -OCH3 is 1. The average molecular weight is 380 g/mol. The second kappa shape index (κ2) is 7.00. The smallest absolute Gasteiger partial charge is 0.231 e. The third-order valence-corrected chi connectivity index (χ3v) is 4.23. The predicted octanol–water partition coefficient (Wildman–Crippen LogP) is 4.20. The lowest BCUT2D eigenvalue weighted by atomic mass is 10.2. The van der Waals surface area contributed by atoms with Crippen molar-refractivity contribution in [2.24, 2.45) is 0 Å². The van der Waals surface area contributed by atoms with Gasteiger partial charge in [0.15, 0.2) is 23.0 Å². The Bertz CT molecular complexity index is 705. The molecular weight excluding hydrogens is 362 g/mol. The van der Waals surface area contributed by atoms with Gasteiger partial charge in [0, 0.05) is 22.8 Å². The maximum atomic E-state index is 5.63. The summed E-state index contributed by atoms with van der Waals surface area (Å²) in [5.41, 5.74) is 2.04. The molecule has 0 radical (unpaired) electrons. The molecule has 0 spiro atoms. The Hall–Kier alpha value is -2.08. The minimum atomic E-state index is 0.278. The molecule has 2 aromatic carbocycles. The van der Waals surface area contributed by atoms with Gasteiger partial charge in [0.05, 0.1) is 13.7 Å². The third kappa shape index (κ3) is 3.47. The summed E-state index contributed by atoms with van der Waals surface area (Å²) in [6.45, 7) is 3.46. The number of fused-ring (bicyclic) bond motifs is 1. The lowest BCUT2D eigenvalue weighted by Crippen LogP contribution is -2.02. The number of anilines is 1. The van der Waals surface area contributed by atoms with Crippen LogP contribution < -0.4 is 24.3 Å². The van der Waals surface area contributed by atoms with E-state index in [9.17, 15) is 0 Å². The van der Waals surface area contributed by atoms with E-state index in [0.717, 1.165) is 33.0 Å². The van der Waals surface area contributed by atoms with Crippen LogP contribution in [0.1, 0.15) is 12.5 Å². The van der Waals surface area contributed by atoms with Crippen molar-refractivity contribution in [2.75, 3.05) is 25.8 Å². The van der Waals surface area contributed by atoms with Crippen LogP contribution in [0.25, 0.3) is 0 Å². The van der Waals surface area contributed by atoms with Gasteiger partial charge in [0.25, 0.3) is 0 Å². The molecule has 3 rings (SSSR count). The highest BCUT2D eigenvalue weighted by Crippen LogP contribution is 2.36. The van der Waals surface area contributed by atoms with E-state index < -0.39 is 0 Å². The Morgan fingerprint density at radius 2 is 1.96 bits per heavy atom. The number of hydrogen-bond donors (Lipinski definition) is 1. The van der Waals surface area contributed by atoms with Crippen LogP contribution in [0.2, 0.25) is 0 Å². The van der Waals surface area contributed by atoms with Crippen LogP contribution in [0.15, 0.2) is 34.8 Å². The van der Waals surface area contributed by atoms with Crippen molar-refractivity contribution in [3.05, 3.63) is 40.4 Å². The molecule has 23 heavy (non-hydrogen) atoms. The molecule has 0 aliphatic carbocycles. The molecule has 0 fully saturated rings. The molecule has 0 saturated heterocycles. The molecule has 1 N–H and O–H groups in total. The molecule has 0 atom stereocenters. The van der Waals surface area contributed by atoms with E-state index >= 15 is 0 Å². The van der Waals surface area contributed by atoms with Crippen LogP contribution in [0.3, 0.4) is 0 Å². The standard InChI is InChI=1S/C17H18BrNO4/c1-3-21-16-6-11(13(18)8-15(16)20-2)9-19-12-4-5-14-17(7-12)23-10-22-14/h4-8,19H,3,9-10H2,1-2H3. The van der Waals surface area contributed by atoms with Crippen molar-refractivity contribution < 1.29 is 18.9 Å². The number of hydrogen-bond acceptors (Lipinski definition) is 5. The monoisotopic (exact) mass is 379 g/mol. The van der Waals surface area contributed by atoms with Crippen LogP contribution >= 0.6 is 15.9 Å². The van der Waals surface area contributed by atoms with Crippen molar-refractivity contribution in [3.8, 4) is 23.0 Å². The number of nitrogens with one attached hydrogen (secondary N) is 1. The summed E-state index contributed by atoms with van der Waals surface area (Å²) >= 11 is 3.58. The molecule has 0 saturated carbocycles. The van der Waals surface area contributed by atoms with Gasteiger partial charge in [-0.3, -0.25) is 0 Å². The zero-order valence-electron chi connectivity index (χ0n) is 13.0. The summed E-state index contributed by atoms with van der Waals surface area (Å²) in [6, 6.07) is 9.70. The Balaban J connectivity index is 1.76. The highest BCUT2D eigenvalue weighted by molar-refractivity contribution is 9.10. The fourth-order valence-electron chi connectivity index (χ4n) is 2.34. The molecule has 0 amide bonds. The van der Waals surface area contributed by atoms with E-state index in [4.69, 9.17) is 18.9 Å². The van der Waals surface area contributed by atoms with E-state index in [2.05, 4.69) is 21.2 Å². The molecule has 6 heteroatoms. The van der Waals surface area contributed by atoms with Gasteiger partial charge in [-0.05, 0) is 36.8 Å². The van der Waals surface area contributed by atoms with Crippen LogP contribution in [0.5, 0.6) is 23.0 Å². The first-order valence-electron chi connectivity index (χ1n) is 7.34. The van der Waals surface area contributed by atoms with Gasteiger partial charge in [-0.25, -0.2) is 0 Å². The van der Waals surface area contributed by atoms with Crippen LogP contribution in [0.4, 0.5) is 5.69 Å². The molecule has 1 heterocycles. The molecule has 0 unspecified atom stereocenters. The lowest BCUT2D eigenvalue weighted by Gasteiger charge is -2.14. The van der Waals surface area contributed by atoms with Crippen molar-refractivity contribution >= 4 is 21.6 Å². The van der Waals surface area contributed by atoms with E-state index in [1.165, 1.54) is 0 Å². The number of halogens is 1. The highest BCUT2D eigenvalue weighted by Gasteiger charge is 2.14. The summed E-state index contributed by atoms with van der Waals surface area (Å²) < 4.78 is 22.6. The zero-order valence-corrected chi connectivity index (χ0v) is 14.6. The quantitative estimate of drug-likeness (QED) is 0.814. The van der Waals surface area contributed by atoms with Crippen molar-refractivity contribution in [1.82, 2.24) is 0 Å². The number of rotatable bonds is 6. The number of benzene rings is 2. The molecule has 5 nitrogen and oxygen atoms in total. The molecule has 2 aromatic rings. The molecular formula is C17H18BrNO4. The van der Waals surface area contributed by atoms with Crippen molar-refractivity contribution in [2.45, 2.75) is 13.5 Å². The molecule has 1 aliphatic rings. The number of ether oxygens (including phenoxy) is 4. The Morgan fingerprint density at radius 1 is 1.13 bits per heavy atom. The second-order valence-corrected chi connectivity index (χ2v) is 5.80. The van der Waals surface area contributed by atoms with Crippen LogP contribution in [-0.2, 0) is 6.54 Å². The first-order chi connectivity index (χ1) is 11.2. The summed E-state index contributed by atoms with van der Waals surface area (Å²) in [5, 5.41) is 3.38. The van der Waals surface area contributed by atoms with E-state index in [1.54, 1.807) is 7.11 Å². The molecule has 0 aromatic heterocycles. The fourth-order valence-corrected chi connectivity index (χ4v) is 2.81. The maximum Gasteiger partial charge on any atom is 0.231 e. The normalized spacial score (nSPS) is 12.1. The average Bonchev–Trinajstić information content (AvgIpc) is 3.02. The summed E-state index contributed by atoms with van der Waals surface area (Å²) in [7, 11) is 1.63. The highest BCUT2D eigenvalue weighted by atomic mass is 79.9. The minimum absolute atomic E-state index is 0.278. The van der Waals surface area contributed by atoms with Crippen LogP contribution in [-0.4, -0.2) is 20.5 Å². The largest absolute Gasteiger partial charge is 0.493 e. The second-order valence-electron chi connectivity index (χ2n) is 4.95. The first kappa shape index (κ1) is 15.8. The maximum absolute atomic E-state index is 5.63. The van der Waals surface area contributed by atoms with Crippen molar-refractivity contribution in [3.63, 3.8) is 0 Å². The third-order valence-electron chi connectivity index (χ3n) is 3.49. The van der Waals surface area contributed by atoms with Gasteiger partial charge in [-0.1, -0.05) is 15.9 Å². The Kier molecular flexibility index (Phi) is 4.81. The molecule has 0 bridgehead atoms. The summed E-state index contributed by atoms with van der Waals surface area (Å²) in [4.78, 5) is 0. The van der Waals surface area contributed by atoms with E-state index in [1.807, 2.05) is 37.3 Å². The predicted molar refractivity (Wildman–Crippen MR) is 91.8 cm³/mol. The molecule has 1 aliphatic heterocycles. The van der Waals surface area contributed by atoms with Gasteiger partial charge in [-0.2, -0.15) is 0 Å². The van der Waals surface area contributed by atoms with E-state index in [-0.39, 0.29) is 6.79 Å². The van der Waals surface area contributed by atoms with Gasteiger partial charge in [0.2, 0.25) is 6.79 Å². The molecule has 122 valence electrons. The Morgan fingerprint density at radius 3 is 2.74 bits per heavy atom. The summed E-state index contributed by atoms with van der Waals surface area (Å²) in [6.07, 6.45) is 0. The van der Waals surface area contributed by atoms with Crippen molar-refractivity contribution in [1.29, 1.82) is 0 Å². The summed E-state index contributed by atoms with van der Waals surface area (Å²) in [5.74, 6) is 2.99. The van der Waals surface area contributed by atoms with Crippen LogP contribution in [0, 0.1) is 0 Å². The topological polar surface area (TPSA) is 49.0 Å². The zero-order chi connectivity index (χ0) is 16.2. The van der Waals surface area contributed by atoms with Gasteiger partial charge >= 0.3 is 0 Å². The Labute approximate surface area is 143 Å². The fraction of sp³-hybridized carbons (Fsp3) is 0.294. The lowest BCUT2D eigenvalue weighted by molar-refractivity contribution is 0.174. The van der Waals surface area contributed by atoms with Gasteiger partial charge in [0.1, 0.15) is 0 Å². The van der Waals surface area contributed by atoms with Gasteiger partial charge < -0.3 is 24.3 Å². The minimum Gasteiger partial charge on any atom is -0.493 e. The van der Waals surface area contributed by atoms with E-state index in [0.29, 0.717) is 18.9 Å². The van der Waals surface area contributed by atoms with Gasteiger partial charge in [-0.15, -0.1) is 0 Å². The first-order valence-corrected chi connectivity index (χ1v) is 8.13. The SMILES string of the molecule is CCOc1cc(CNc2ccc3c(c2)OCO3)c(Br)cc1OC.